The maximum atomic E-state index is 13.3. The molecule has 1 saturated carbocycles. The van der Waals surface area contributed by atoms with Gasteiger partial charge < -0.3 is 5.32 Å². The summed E-state index contributed by atoms with van der Waals surface area (Å²) in [5.41, 5.74) is 3.68. The van der Waals surface area contributed by atoms with Crippen LogP contribution in [0.5, 0.6) is 0 Å². The summed E-state index contributed by atoms with van der Waals surface area (Å²) >= 11 is 0. The first-order chi connectivity index (χ1) is 15.1. The molecule has 31 heavy (non-hydrogen) atoms. The van der Waals surface area contributed by atoms with E-state index in [4.69, 9.17) is 0 Å². The molecule has 1 fully saturated rings. The lowest BCUT2D eigenvalue weighted by atomic mass is 10.1. The summed E-state index contributed by atoms with van der Waals surface area (Å²) in [6, 6.07) is 17.2. The lowest BCUT2D eigenvalue weighted by Gasteiger charge is -2.11. The van der Waals surface area contributed by atoms with E-state index in [2.05, 4.69) is 22.4 Å². The normalized spacial score (nSPS) is 13.5. The number of anilines is 1. The van der Waals surface area contributed by atoms with Crippen LogP contribution in [0, 0.1) is 0 Å². The molecule has 156 valence electrons. The van der Waals surface area contributed by atoms with E-state index in [-0.39, 0.29) is 18.0 Å². The number of carbonyl (C=O) groups excluding carboxylic acids is 1. The second-order valence-corrected chi connectivity index (χ2v) is 7.88. The Morgan fingerprint density at radius 2 is 1.84 bits per heavy atom. The Bertz CT molecular complexity index is 1300. The largest absolute Gasteiger partial charge is 0.324 e. The van der Waals surface area contributed by atoms with E-state index in [0.717, 1.165) is 36.0 Å². The van der Waals surface area contributed by atoms with E-state index in [1.165, 1.54) is 10.2 Å². The number of nitrogens with zero attached hydrogens (tertiary/aromatic N) is 4. The molecule has 0 spiro atoms. The van der Waals surface area contributed by atoms with Crippen LogP contribution in [0.25, 0.3) is 16.6 Å². The minimum absolute atomic E-state index is 0.149. The van der Waals surface area contributed by atoms with Gasteiger partial charge in [-0.3, -0.25) is 9.59 Å². The standard InChI is InChI=1S/C24H23N5O2/c1-2-16-8-12-18(13-9-16)26-21(30)15-28-24(31)23-20(22(27-28)17-10-11-17)14-25-29(23)19-6-4-3-5-7-19/h3-9,12-14,17H,2,10-11,15H2,1H3,(H,26,30). The predicted octanol–water partition coefficient (Wildman–Crippen LogP) is 3.66. The van der Waals surface area contributed by atoms with Crippen LogP contribution >= 0.6 is 0 Å². The number of amides is 1. The third-order valence-corrected chi connectivity index (χ3v) is 5.61. The first-order valence-electron chi connectivity index (χ1n) is 10.6. The Kier molecular flexibility index (Phi) is 4.86. The number of aryl methyl sites for hydroxylation is 1. The van der Waals surface area contributed by atoms with Crippen LogP contribution in [0.1, 0.15) is 36.9 Å². The van der Waals surface area contributed by atoms with Crippen molar-refractivity contribution in [3.63, 3.8) is 0 Å². The average Bonchev–Trinajstić information content (AvgIpc) is 3.54. The third-order valence-electron chi connectivity index (χ3n) is 5.61. The zero-order chi connectivity index (χ0) is 21.4. The fourth-order valence-electron chi connectivity index (χ4n) is 3.78. The van der Waals surface area contributed by atoms with Gasteiger partial charge in [0, 0.05) is 17.0 Å². The highest BCUT2D eigenvalue weighted by atomic mass is 16.2. The third kappa shape index (κ3) is 3.74. The van der Waals surface area contributed by atoms with Gasteiger partial charge in [0.25, 0.3) is 5.56 Å². The van der Waals surface area contributed by atoms with Gasteiger partial charge in [-0.15, -0.1) is 0 Å². The number of benzene rings is 2. The molecule has 0 atom stereocenters. The van der Waals surface area contributed by atoms with Gasteiger partial charge in [-0.1, -0.05) is 37.3 Å². The van der Waals surface area contributed by atoms with Crippen LogP contribution in [0.15, 0.2) is 65.6 Å². The summed E-state index contributed by atoms with van der Waals surface area (Å²) in [5.74, 6) is 0.0261. The predicted molar refractivity (Wildman–Crippen MR) is 120 cm³/mol. The highest BCUT2D eigenvalue weighted by Gasteiger charge is 2.30. The van der Waals surface area contributed by atoms with Crippen molar-refractivity contribution in [1.29, 1.82) is 0 Å². The summed E-state index contributed by atoms with van der Waals surface area (Å²) in [7, 11) is 0. The van der Waals surface area contributed by atoms with E-state index in [9.17, 15) is 9.59 Å². The van der Waals surface area contributed by atoms with Crippen molar-refractivity contribution in [2.75, 3.05) is 5.32 Å². The fraction of sp³-hybridized carbons (Fsp3) is 0.250. The Morgan fingerprint density at radius 3 is 2.52 bits per heavy atom. The smallest absolute Gasteiger partial charge is 0.293 e. The zero-order valence-corrected chi connectivity index (χ0v) is 17.3. The highest BCUT2D eigenvalue weighted by molar-refractivity contribution is 5.90. The minimum atomic E-state index is -0.322. The molecule has 7 nitrogen and oxygen atoms in total. The fourth-order valence-corrected chi connectivity index (χ4v) is 3.78. The second-order valence-electron chi connectivity index (χ2n) is 7.88. The van der Waals surface area contributed by atoms with Gasteiger partial charge in [0.1, 0.15) is 12.1 Å². The molecule has 1 aliphatic carbocycles. The van der Waals surface area contributed by atoms with E-state index in [0.29, 0.717) is 17.1 Å². The number of hydrogen-bond acceptors (Lipinski definition) is 4. The molecule has 0 aliphatic heterocycles. The van der Waals surface area contributed by atoms with Crippen molar-refractivity contribution in [2.24, 2.45) is 0 Å². The first kappa shape index (κ1) is 19.2. The molecular weight excluding hydrogens is 390 g/mol. The van der Waals surface area contributed by atoms with Crippen molar-refractivity contribution < 1.29 is 4.79 Å². The van der Waals surface area contributed by atoms with E-state index >= 15 is 0 Å². The molecule has 2 heterocycles. The lowest BCUT2D eigenvalue weighted by molar-refractivity contribution is -0.117. The molecule has 1 aliphatic rings. The molecule has 0 radical (unpaired) electrons. The van der Waals surface area contributed by atoms with Crippen LogP contribution in [0.3, 0.4) is 0 Å². The maximum Gasteiger partial charge on any atom is 0.293 e. The molecule has 1 N–H and O–H groups in total. The molecule has 0 bridgehead atoms. The minimum Gasteiger partial charge on any atom is -0.324 e. The molecule has 2 aromatic heterocycles. The van der Waals surface area contributed by atoms with Crippen LogP contribution in [-0.4, -0.2) is 25.5 Å². The number of nitrogens with one attached hydrogen (secondary N) is 1. The van der Waals surface area contributed by atoms with Crippen molar-refractivity contribution >= 4 is 22.5 Å². The summed E-state index contributed by atoms with van der Waals surface area (Å²) in [5, 5.41) is 12.7. The summed E-state index contributed by atoms with van der Waals surface area (Å²) in [6.45, 7) is 1.93. The van der Waals surface area contributed by atoms with Crippen LogP contribution in [0.4, 0.5) is 5.69 Å². The molecule has 0 saturated heterocycles. The van der Waals surface area contributed by atoms with Crippen LogP contribution in [-0.2, 0) is 17.8 Å². The molecule has 1 amide bonds. The number of rotatable bonds is 6. The number of fused-ring (bicyclic) bond motifs is 1. The molecule has 2 aromatic carbocycles. The van der Waals surface area contributed by atoms with E-state index in [1.54, 1.807) is 10.9 Å². The molecule has 4 aromatic rings. The van der Waals surface area contributed by atoms with Gasteiger partial charge in [-0.05, 0) is 49.1 Å². The molecule has 5 rings (SSSR count). The quantitative estimate of drug-likeness (QED) is 0.523. The number of carbonyl (C=O) groups is 1. The summed E-state index contributed by atoms with van der Waals surface area (Å²) in [6.07, 6.45) is 4.72. The van der Waals surface area contributed by atoms with Crippen molar-refractivity contribution in [3.05, 3.63) is 82.4 Å². The summed E-state index contributed by atoms with van der Waals surface area (Å²) in [4.78, 5) is 26.0. The Hall–Kier alpha value is -3.74. The van der Waals surface area contributed by atoms with Gasteiger partial charge in [0.15, 0.2) is 0 Å². The van der Waals surface area contributed by atoms with Gasteiger partial charge in [-0.25, -0.2) is 9.36 Å². The Morgan fingerprint density at radius 1 is 1.10 bits per heavy atom. The van der Waals surface area contributed by atoms with E-state index in [1.807, 2.05) is 54.6 Å². The first-order valence-corrected chi connectivity index (χ1v) is 10.6. The van der Waals surface area contributed by atoms with Gasteiger partial charge >= 0.3 is 0 Å². The van der Waals surface area contributed by atoms with E-state index < -0.39 is 0 Å². The highest BCUT2D eigenvalue weighted by Crippen LogP contribution is 2.41. The summed E-state index contributed by atoms with van der Waals surface area (Å²) < 4.78 is 2.91. The Labute approximate surface area is 179 Å². The Balaban J connectivity index is 1.51. The van der Waals surface area contributed by atoms with Gasteiger partial charge in [0.2, 0.25) is 5.91 Å². The second kappa shape index (κ2) is 7.83. The number of para-hydroxylation sites is 1. The van der Waals surface area contributed by atoms with Gasteiger partial charge in [0.05, 0.1) is 17.6 Å². The van der Waals surface area contributed by atoms with Gasteiger partial charge in [-0.2, -0.15) is 10.2 Å². The average molecular weight is 413 g/mol. The maximum absolute atomic E-state index is 13.3. The van der Waals surface area contributed by atoms with Crippen molar-refractivity contribution in [2.45, 2.75) is 38.6 Å². The lowest BCUT2D eigenvalue weighted by Crippen LogP contribution is -2.31. The molecule has 7 heteroatoms. The monoisotopic (exact) mass is 413 g/mol. The van der Waals surface area contributed by atoms with Crippen LogP contribution < -0.4 is 10.9 Å². The number of hydrogen-bond donors (Lipinski definition) is 1. The number of aromatic nitrogens is 4. The van der Waals surface area contributed by atoms with Crippen molar-refractivity contribution in [1.82, 2.24) is 19.6 Å². The van der Waals surface area contributed by atoms with Crippen LogP contribution in [0.2, 0.25) is 0 Å². The molecule has 0 unspecified atom stereocenters. The SMILES string of the molecule is CCc1ccc(NC(=O)Cn2nc(C3CC3)c3cnn(-c4ccccc4)c3c2=O)cc1. The van der Waals surface area contributed by atoms with Crippen molar-refractivity contribution in [3.8, 4) is 5.69 Å². The molecular formula is C24H23N5O2. The zero-order valence-electron chi connectivity index (χ0n) is 17.3. The topological polar surface area (TPSA) is 81.8 Å².